The van der Waals surface area contributed by atoms with Crippen molar-refractivity contribution in [3.05, 3.63) is 132 Å². The lowest BCUT2D eigenvalue weighted by Crippen LogP contribution is -2.29. The fraction of sp³-hybridized carbons (Fsp3) is 0.108. The van der Waals surface area contributed by atoms with Crippen LogP contribution < -0.4 is 0 Å². The third-order valence-electron chi connectivity index (χ3n) is 8.85. The molecule has 0 spiro atoms. The van der Waals surface area contributed by atoms with E-state index in [1.165, 1.54) is 0 Å². The largest absolute Gasteiger partial charge is 0.441 e. The number of para-hydroxylation sites is 3. The van der Waals surface area contributed by atoms with Crippen LogP contribution in [0.15, 0.2) is 98.6 Å². The van der Waals surface area contributed by atoms with E-state index in [1.807, 2.05) is 72.4 Å². The van der Waals surface area contributed by atoms with E-state index < -0.39 is 5.60 Å². The predicted molar refractivity (Wildman–Crippen MR) is 174 cm³/mol. The molecule has 5 heteroatoms. The third kappa shape index (κ3) is 3.16. The summed E-state index contributed by atoms with van der Waals surface area (Å²) in [7, 11) is 0. The van der Waals surface area contributed by atoms with E-state index in [0.29, 0.717) is 5.57 Å². The van der Waals surface area contributed by atoms with Crippen LogP contribution in [0.2, 0.25) is 0 Å². The molecular formula is C37H31N3O2. The zero-order valence-electron chi connectivity index (χ0n) is 24.0. The van der Waals surface area contributed by atoms with Gasteiger partial charge in [-0.2, -0.15) is 0 Å². The molecule has 42 heavy (non-hydrogen) atoms. The van der Waals surface area contributed by atoms with Crippen molar-refractivity contribution in [3.63, 3.8) is 0 Å². The minimum atomic E-state index is -1.22. The van der Waals surface area contributed by atoms with E-state index in [4.69, 9.17) is 4.74 Å². The molecule has 1 aliphatic rings. The fourth-order valence-corrected chi connectivity index (χ4v) is 7.20. The molecule has 0 amide bonds. The van der Waals surface area contributed by atoms with Crippen LogP contribution >= 0.6 is 0 Å². The van der Waals surface area contributed by atoms with Gasteiger partial charge in [0.2, 0.25) is 0 Å². The number of hydrogen-bond acceptors (Lipinski definition) is 2. The molecule has 0 aliphatic carbocycles. The average molecular weight is 550 g/mol. The number of benzene rings is 3. The second kappa shape index (κ2) is 9.11. The average Bonchev–Trinajstić information content (AvgIpc) is 3.67. The summed E-state index contributed by atoms with van der Waals surface area (Å²) >= 11 is 0. The molecule has 0 radical (unpaired) electrons. The van der Waals surface area contributed by atoms with Crippen LogP contribution in [0.25, 0.3) is 56.9 Å². The molecular weight excluding hydrogens is 518 g/mol. The van der Waals surface area contributed by atoms with Gasteiger partial charge in [-0.15, -0.1) is 0 Å². The number of rotatable bonds is 6. The summed E-state index contributed by atoms with van der Waals surface area (Å²) in [5, 5.41) is 2.98. The number of carbonyl (C=O) groups is 1. The number of esters is 1. The molecule has 0 bridgehead atoms. The maximum Gasteiger partial charge on any atom is 0.340 e. The Bertz CT molecular complexity index is 2090. The van der Waals surface area contributed by atoms with Gasteiger partial charge in [-0.05, 0) is 45.0 Å². The first-order valence-electron chi connectivity index (χ1n) is 14.0. The Morgan fingerprint density at radius 1 is 0.619 bits per heavy atom. The number of cyclic esters (lactones) is 1. The Balaban J connectivity index is 1.67. The summed E-state index contributed by atoms with van der Waals surface area (Å²) in [5.41, 5.74) is 7.85. The van der Waals surface area contributed by atoms with Gasteiger partial charge in [-0.3, -0.25) is 0 Å². The number of aromatic nitrogens is 3. The number of nitrogens with zero attached hydrogens (tertiary/aromatic N) is 3. The van der Waals surface area contributed by atoms with Crippen LogP contribution in [0, 0.1) is 20.8 Å². The van der Waals surface area contributed by atoms with Crippen molar-refractivity contribution < 1.29 is 9.53 Å². The fourth-order valence-electron chi connectivity index (χ4n) is 7.20. The number of carbonyl (C=O) groups excluding carboxylic acids is 1. The molecule has 0 N–H and O–H groups in total. The second-order valence-corrected chi connectivity index (χ2v) is 10.8. The zero-order valence-corrected chi connectivity index (χ0v) is 24.0. The minimum Gasteiger partial charge on any atom is -0.441 e. The number of fused-ring (bicyclic) bond motifs is 3. The molecule has 206 valence electrons. The highest BCUT2D eigenvalue weighted by Crippen LogP contribution is 2.52. The predicted octanol–water partition coefficient (Wildman–Crippen LogP) is 8.66. The molecule has 0 saturated heterocycles. The van der Waals surface area contributed by atoms with Gasteiger partial charge in [0.15, 0.2) is 5.60 Å². The minimum absolute atomic E-state index is 0.366. The van der Waals surface area contributed by atoms with Gasteiger partial charge in [-0.1, -0.05) is 74.3 Å². The van der Waals surface area contributed by atoms with Crippen LogP contribution in [-0.2, 0) is 15.1 Å². The SMILES string of the molecule is C=Cn1c(C)c(C2=CC(c3c(C)n(C=C)c4ccccc34)(c3c(C)n(C=C)c4ccccc34)OC2=O)c2ccccc21. The Labute approximate surface area is 244 Å². The lowest BCUT2D eigenvalue weighted by Gasteiger charge is -2.29. The van der Waals surface area contributed by atoms with Gasteiger partial charge in [0, 0.05) is 68.5 Å². The summed E-state index contributed by atoms with van der Waals surface area (Å²) in [6, 6.07) is 24.5. The Hall–Kier alpha value is -5.29. The van der Waals surface area contributed by atoms with Gasteiger partial charge >= 0.3 is 5.97 Å². The normalized spacial score (nSPS) is 14.5. The topological polar surface area (TPSA) is 41.1 Å². The van der Waals surface area contributed by atoms with Crippen molar-refractivity contribution in [1.29, 1.82) is 0 Å². The van der Waals surface area contributed by atoms with Crippen molar-refractivity contribution in [2.24, 2.45) is 0 Å². The molecule has 0 unspecified atom stereocenters. The van der Waals surface area contributed by atoms with Gasteiger partial charge in [-0.25, -0.2) is 4.79 Å². The van der Waals surface area contributed by atoms with Crippen molar-refractivity contribution in [2.45, 2.75) is 26.4 Å². The highest BCUT2D eigenvalue weighted by Gasteiger charge is 2.50. The van der Waals surface area contributed by atoms with Crippen molar-refractivity contribution >= 4 is 62.9 Å². The van der Waals surface area contributed by atoms with Gasteiger partial charge in [0.1, 0.15) is 0 Å². The monoisotopic (exact) mass is 549 g/mol. The highest BCUT2D eigenvalue weighted by atomic mass is 16.6. The van der Waals surface area contributed by atoms with Crippen LogP contribution in [0.1, 0.15) is 33.8 Å². The van der Waals surface area contributed by atoms with E-state index in [-0.39, 0.29) is 5.97 Å². The van der Waals surface area contributed by atoms with E-state index >= 15 is 0 Å². The first kappa shape index (κ1) is 25.7. The molecule has 0 atom stereocenters. The van der Waals surface area contributed by atoms with E-state index in [2.05, 4.69) is 73.1 Å². The maximum absolute atomic E-state index is 14.3. The van der Waals surface area contributed by atoms with E-state index in [1.54, 1.807) is 6.20 Å². The molecule has 4 heterocycles. The molecule has 3 aromatic heterocycles. The molecule has 7 rings (SSSR count). The van der Waals surface area contributed by atoms with Gasteiger partial charge in [0.25, 0.3) is 0 Å². The molecule has 0 saturated carbocycles. The van der Waals surface area contributed by atoms with Crippen molar-refractivity contribution in [3.8, 4) is 0 Å². The first-order chi connectivity index (χ1) is 20.4. The van der Waals surface area contributed by atoms with Gasteiger partial charge in [0.05, 0.1) is 22.1 Å². The second-order valence-electron chi connectivity index (χ2n) is 10.8. The Kier molecular flexibility index (Phi) is 5.57. The molecule has 3 aromatic carbocycles. The summed E-state index contributed by atoms with van der Waals surface area (Å²) in [5.74, 6) is -0.366. The maximum atomic E-state index is 14.3. The van der Waals surface area contributed by atoms with Crippen molar-refractivity contribution in [2.75, 3.05) is 0 Å². The van der Waals surface area contributed by atoms with E-state index in [0.717, 1.165) is 66.5 Å². The summed E-state index contributed by atoms with van der Waals surface area (Å²) in [6.45, 7) is 18.4. The number of hydrogen-bond donors (Lipinski definition) is 0. The van der Waals surface area contributed by atoms with Crippen molar-refractivity contribution in [1.82, 2.24) is 13.7 Å². The summed E-state index contributed by atoms with van der Waals surface area (Å²) in [6.07, 6.45) is 7.47. The summed E-state index contributed by atoms with van der Waals surface area (Å²) < 4.78 is 12.9. The van der Waals surface area contributed by atoms with Crippen LogP contribution in [-0.4, -0.2) is 19.7 Å². The Morgan fingerprint density at radius 2 is 1.02 bits per heavy atom. The van der Waals surface area contributed by atoms with Gasteiger partial charge < -0.3 is 18.4 Å². The Morgan fingerprint density at radius 3 is 1.50 bits per heavy atom. The quantitative estimate of drug-likeness (QED) is 0.195. The number of ether oxygens (including phenoxy) is 1. The molecule has 6 aromatic rings. The van der Waals surface area contributed by atoms with Crippen LogP contribution in [0.3, 0.4) is 0 Å². The molecule has 0 fully saturated rings. The lowest BCUT2D eigenvalue weighted by molar-refractivity contribution is -0.142. The zero-order chi connectivity index (χ0) is 29.3. The molecule has 5 nitrogen and oxygen atoms in total. The smallest absolute Gasteiger partial charge is 0.340 e. The summed E-state index contributed by atoms with van der Waals surface area (Å²) in [4.78, 5) is 14.3. The standard InChI is InChI=1S/C37H31N3O2/c1-7-38-23(4)33(26-16-10-13-19-30(26)38)29-22-37(42-36(29)41,34-24(5)39(8-2)31-20-14-11-17-27(31)34)35-25(6)40(9-3)32-21-15-12-18-28(32)35/h7-22H,1-3H2,4-6H3. The molecule has 1 aliphatic heterocycles. The van der Waals surface area contributed by atoms with Crippen LogP contribution in [0.5, 0.6) is 0 Å². The van der Waals surface area contributed by atoms with E-state index in [9.17, 15) is 4.79 Å². The highest BCUT2D eigenvalue weighted by molar-refractivity contribution is 6.23. The van der Waals surface area contributed by atoms with Crippen LogP contribution in [0.4, 0.5) is 0 Å². The third-order valence-corrected chi connectivity index (χ3v) is 8.85. The lowest BCUT2D eigenvalue weighted by atomic mass is 9.81. The first-order valence-corrected chi connectivity index (χ1v) is 14.0.